The fourth-order valence-electron chi connectivity index (χ4n) is 3.15. The van der Waals surface area contributed by atoms with Gasteiger partial charge in [0.2, 0.25) is 0 Å². The van der Waals surface area contributed by atoms with Crippen molar-refractivity contribution in [3.05, 3.63) is 144 Å². The van der Waals surface area contributed by atoms with Gasteiger partial charge in [0.1, 0.15) is 0 Å². The number of hydrogen-bond donors (Lipinski definition) is 4. The molecule has 6 N–H and O–H groups in total. The average Bonchev–Trinajstić information content (AvgIpc) is 3.00. The van der Waals surface area contributed by atoms with Crippen molar-refractivity contribution in [1.82, 2.24) is 10.6 Å². The lowest BCUT2D eigenvalue weighted by Crippen LogP contribution is -2.36. The Morgan fingerprint density at radius 2 is 0.814 bits per heavy atom. The topological polar surface area (TPSA) is 215 Å². The molecule has 43 heavy (non-hydrogen) atoms. The van der Waals surface area contributed by atoms with Crippen molar-refractivity contribution in [2.24, 2.45) is 21.5 Å². The summed E-state index contributed by atoms with van der Waals surface area (Å²) in [7, 11) is -5.17. The second-order valence-corrected chi connectivity index (χ2v) is 9.24. The molecule has 2 amide bonds. The van der Waals surface area contributed by atoms with Gasteiger partial charge in [-0.3, -0.25) is 28.6 Å². The highest BCUT2D eigenvalue weighted by atomic mass is 32.3. The molecule has 0 aliphatic heterocycles. The van der Waals surface area contributed by atoms with Gasteiger partial charge in [0.05, 0.1) is 13.1 Å². The standard InChI is InChI=1S/2C15H15N3O.H2O4S/c2*16-15(17-11-12-7-3-1-4-8-12)18-14(19)13-9-5-2-6-10-13;1-5(2,3)4/h2*1-10H,11H2,(H3,16,17,18,19);(H2,1,2,3,4)/p-2. The van der Waals surface area contributed by atoms with Crippen molar-refractivity contribution in [2.75, 3.05) is 0 Å². The molecule has 0 unspecified atom stereocenters. The molecule has 0 aromatic heterocycles. The van der Waals surface area contributed by atoms with Gasteiger partial charge >= 0.3 is 0 Å². The van der Waals surface area contributed by atoms with Gasteiger partial charge in [-0.2, -0.15) is 0 Å². The van der Waals surface area contributed by atoms with E-state index < -0.39 is 10.4 Å². The Hall–Kier alpha value is -5.37. The van der Waals surface area contributed by atoms with Gasteiger partial charge in [0, 0.05) is 21.5 Å². The molecule has 0 radical (unpaired) electrons. The van der Waals surface area contributed by atoms with Crippen LogP contribution in [0.5, 0.6) is 0 Å². The van der Waals surface area contributed by atoms with Crippen LogP contribution >= 0.6 is 0 Å². The largest absolute Gasteiger partial charge is 0.759 e. The van der Waals surface area contributed by atoms with Crippen LogP contribution < -0.4 is 22.1 Å². The lowest BCUT2D eigenvalue weighted by atomic mass is 10.2. The van der Waals surface area contributed by atoms with E-state index in [1.165, 1.54) is 0 Å². The Morgan fingerprint density at radius 3 is 1.09 bits per heavy atom. The SMILES string of the molecule is NC(=NCc1ccccc1)NC(=O)c1ccccc1.NC(=NCc1ccccc1)NC(=O)c1ccccc1.O=S(=O)([O-])[O-]. The normalized spacial score (nSPS) is 11.1. The Balaban J connectivity index is 0.000000260. The maximum absolute atomic E-state index is 11.8. The highest BCUT2D eigenvalue weighted by Crippen LogP contribution is 2.02. The highest BCUT2D eigenvalue weighted by molar-refractivity contribution is 7.79. The summed E-state index contributed by atoms with van der Waals surface area (Å²) >= 11 is 0. The minimum atomic E-state index is -5.17. The van der Waals surface area contributed by atoms with E-state index in [1.54, 1.807) is 48.5 Å². The fraction of sp³-hybridized carbons (Fsp3) is 0.0667. The molecular weight excluding hydrogens is 572 g/mol. The molecular formula is C30H30N6O6S-2. The molecule has 0 saturated carbocycles. The van der Waals surface area contributed by atoms with E-state index >= 15 is 0 Å². The summed E-state index contributed by atoms with van der Waals surface area (Å²) in [6.45, 7) is 0.892. The molecule has 4 aromatic carbocycles. The average molecular weight is 603 g/mol. The third kappa shape index (κ3) is 15.9. The highest BCUT2D eigenvalue weighted by Gasteiger charge is 2.06. The van der Waals surface area contributed by atoms with E-state index in [-0.39, 0.29) is 23.7 Å². The first-order valence-corrected chi connectivity index (χ1v) is 13.9. The van der Waals surface area contributed by atoms with Crippen LogP contribution in [0.25, 0.3) is 0 Å². The molecule has 13 heteroatoms. The van der Waals surface area contributed by atoms with Gasteiger partial charge < -0.3 is 20.6 Å². The van der Waals surface area contributed by atoms with Crippen molar-refractivity contribution in [2.45, 2.75) is 13.1 Å². The Labute approximate surface area is 249 Å². The summed E-state index contributed by atoms with van der Waals surface area (Å²) in [5.74, 6) is -0.264. The number of guanidine groups is 2. The number of carbonyl (C=O) groups is 2. The number of aliphatic imine (C=N–C) groups is 2. The van der Waals surface area contributed by atoms with E-state index in [2.05, 4.69) is 20.6 Å². The number of amides is 2. The molecule has 0 aliphatic rings. The number of carbonyl (C=O) groups excluding carboxylic acids is 2. The van der Waals surface area contributed by atoms with Crippen LogP contribution in [-0.2, 0) is 23.5 Å². The number of nitrogens with one attached hydrogen (secondary N) is 2. The summed E-state index contributed by atoms with van der Waals surface area (Å²) < 4.78 is 34.1. The second-order valence-electron chi connectivity index (χ2n) is 8.42. The van der Waals surface area contributed by atoms with E-state index in [0.29, 0.717) is 24.2 Å². The lowest BCUT2D eigenvalue weighted by molar-refractivity contribution is 0.0968. The number of nitrogens with two attached hydrogens (primary N) is 2. The van der Waals surface area contributed by atoms with Crippen LogP contribution in [0.4, 0.5) is 0 Å². The predicted octanol–water partition coefficient (Wildman–Crippen LogP) is 2.52. The summed E-state index contributed by atoms with van der Waals surface area (Å²) in [5.41, 5.74) is 14.5. The zero-order valence-electron chi connectivity index (χ0n) is 22.9. The number of nitrogens with zero attached hydrogens (tertiary/aromatic N) is 2. The summed E-state index contributed by atoms with van der Waals surface area (Å²) in [5, 5.41) is 5.11. The first-order valence-electron chi connectivity index (χ1n) is 12.6. The molecule has 0 bridgehead atoms. The molecule has 0 fully saturated rings. The third-order valence-corrected chi connectivity index (χ3v) is 5.10. The number of benzene rings is 4. The number of rotatable bonds is 6. The van der Waals surface area contributed by atoms with E-state index in [9.17, 15) is 9.59 Å². The third-order valence-electron chi connectivity index (χ3n) is 5.10. The molecule has 0 atom stereocenters. The molecule has 224 valence electrons. The molecule has 12 nitrogen and oxygen atoms in total. The predicted molar refractivity (Wildman–Crippen MR) is 162 cm³/mol. The maximum atomic E-state index is 11.8. The van der Waals surface area contributed by atoms with Crippen molar-refractivity contribution in [3.8, 4) is 0 Å². The fourth-order valence-corrected chi connectivity index (χ4v) is 3.15. The van der Waals surface area contributed by atoms with Crippen molar-refractivity contribution < 1.29 is 27.1 Å². The van der Waals surface area contributed by atoms with Gasteiger partial charge in [-0.1, -0.05) is 97.1 Å². The van der Waals surface area contributed by atoms with Gasteiger partial charge in [-0.05, 0) is 35.4 Å². The first kappa shape index (κ1) is 33.8. The van der Waals surface area contributed by atoms with Gasteiger partial charge in [-0.15, -0.1) is 0 Å². The molecule has 0 heterocycles. The summed E-state index contributed by atoms with van der Waals surface area (Å²) in [6, 6.07) is 37.2. The van der Waals surface area contributed by atoms with Crippen LogP contribution in [0.3, 0.4) is 0 Å². The maximum Gasteiger partial charge on any atom is 0.257 e. The van der Waals surface area contributed by atoms with Gasteiger partial charge in [-0.25, -0.2) is 9.98 Å². The van der Waals surface area contributed by atoms with E-state index in [4.69, 9.17) is 29.0 Å². The Morgan fingerprint density at radius 1 is 0.558 bits per heavy atom. The van der Waals surface area contributed by atoms with Gasteiger partial charge in [0.15, 0.2) is 11.9 Å². The van der Waals surface area contributed by atoms with Crippen molar-refractivity contribution >= 4 is 34.1 Å². The Bertz CT molecular complexity index is 1470. The molecule has 4 rings (SSSR count). The summed E-state index contributed by atoms with van der Waals surface area (Å²) in [4.78, 5) is 31.8. The van der Waals surface area contributed by atoms with E-state index in [1.807, 2.05) is 72.8 Å². The Kier molecular flexibility index (Phi) is 14.3. The van der Waals surface area contributed by atoms with Crippen LogP contribution in [0.1, 0.15) is 31.8 Å². The zero-order chi connectivity index (χ0) is 31.5. The van der Waals surface area contributed by atoms with Crippen LogP contribution in [-0.4, -0.2) is 41.3 Å². The molecule has 4 aromatic rings. The number of hydrogen-bond acceptors (Lipinski definition) is 8. The van der Waals surface area contributed by atoms with Crippen LogP contribution in [0, 0.1) is 0 Å². The van der Waals surface area contributed by atoms with Crippen LogP contribution in [0.15, 0.2) is 131 Å². The minimum Gasteiger partial charge on any atom is -0.759 e. The second kappa shape index (κ2) is 18.1. The molecule has 0 saturated heterocycles. The quantitative estimate of drug-likeness (QED) is 0.111. The molecule has 0 spiro atoms. The van der Waals surface area contributed by atoms with Crippen molar-refractivity contribution in [3.63, 3.8) is 0 Å². The van der Waals surface area contributed by atoms with Gasteiger partial charge in [0.25, 0.3) is 11.8 Å². The molecule has 0 aliphatic carbocycles. The zero-order valence-corrected chi connectivity index (χ0v) is 23.7. The monoisotopic (exact) mass is 602 g/mol. The minimum absolute atomic E-state index is 0.123. The van der Waals surface area contributed by atoms with Crippen LogP contribution in [0.2, 0.25) is 0 Å². The lowest BCUT2D eigenvalue weighted by Gasteiger charge is -2.06. The smallest absolute Gasteiger partial charge is 0.257 e. The summed E-state index contributed by atoms with van der Waals surface area (Å²) in [6.07, 6.45) is 0. The first-order chi connectivity index (χ1) is 20.5. The van der Waals surface area contributed by atoms with Crippen molar-refractivity contribution in [1.29, 1.82) is 0 Å². The van der Waals surface area contributed by atoms with E-state index in [0.717, 1.165) is 11.1 Å².